The van der Waals surface area contributed by atoms with Gasteiger partial charge in [0, 0.05) is 44.7 Å². The smallest absolute Gasteiger partial charge is 0.243 e. The van der Waals surface area contributed by atoms with Gasteiger partial charge < -0.3 is 0 Å². The Balaban J connectivity index is 1.07. The van der Waals surface area contributed by atoms with E-state index in [1.165, 1.54) is 40.7 Å². The number of likely N-dealkylation sites (tertiary alicyclic amines) is 1. The lowest BCUT2D eigenvalue weighted by Crippen LogP contribution is -2.54. The number of nitrogens with one attached hydrogen (secondary N) is 1. The second kappa shape index (κ2) is 10.8. The maximum atomic E-state index is 12.5. The summed E-state index contributed by atoms with van der Waals surface area (Å²) in [6.07, 6.45) is 3.43. The summed E-state index contributed by atoms with van der Waals surface area (Å²) in [5.41, 5.74) is 6.49. The van der Waals surface area contributed by atoms with Crippen LogP contribution >= 0.6 is 12.6 Å². The van der Waals surface area contributed by atoms with Crippen molar-refractivity contribution in [1.29, 1.82) is 0 Å². The van der Waals surface area contributed by atoms with E-state index in [-0.39, 0.29) is 29.3 Å². The van der Waals surface area contributed by atoms with E-state index >= 15 is 0 Å². The predicted octanol–water partition coefficient (Wildman–Crippen LogP) is 4.67. The third-order valence-electron chi connectivity index (χ3n) is 9.39. The molecule has 1 N–H and O–H groups in total. The first-order valence-corrected chi connectivity index (χ1v) is 15.1. The van der Waals surface area contributed by atoms with E-state index in [0.29, 0.717) is 31.5 Å². The molecule has 0 saturated carbocycles. The molecular weight excluding hydrogens is 516 g/mol. The van der Waals surface area contributed by atoms with Crippen LogP contribution in [0.15, 0.2) is 78.9 Å². The van der Waals surface area contributed by atoms with Gasteiger partial charge in [-0.3, -0.25) is 29.6 Å². The lowest BCUT2D eigenvalue weighted by Gasteiger charge is -2.44. The molecule has 0 aliphatic carbocycles. The van der Waals surface area contributed by atoms with Crippen molar-refractivity contribution in [3.8, 4) is 0 Å². The van der Waals surface area contributed by atoms with Crippen molar-refractivity contribution in [3.05, 3.63) is 107 Å². The second-order valence-electron chi connectivity index (χ2n) is 11.8. The van der Waals surface area contributed by atoms with Gasteiger partial charge in [-0.2, -0.15) is 12.6 Å². The van der Waals surface area contributed by atoms with Gasteiger partial charge in [-0.25, -0.2) is 0 Å². The maximum absolute atomic E-state index is 12.5. The zero-order valence-electron chi connectivity index (χ0n) is 22.7. The quantitative estimate of drug-likeness (QED) is 0.344. The Labute approximate surface area is 241 Å². The molecule has 0 aromatic heterocycles. The highest BCUT2D eigenvalue weighted by Crippen LogP contribution is 2.41. The zero-order chi connectivity index (χ0) is 27.2. The third-order valence-corrected chi connectivity index (χ3v) is 9.96. The maximum Gasteiger partial charge on any atom is 0.243 e. The molecule has 4 aliphatic heterocycles. The summed E-state index contributed by atoms with van der Waals surface area (Å²) in [5, 5.41) is 2.38. The van der Waals surface area contributed by atoms with Gasteiger partial charge in [0.1, 0.15) is 0 Å². The van der Waals surface area contributed by atoms with Gasteiger partial charge in [0.2, 0.25) is 11.8 Å². The van der Waals surface area contributed by atoms with Crippen LogP contribution in [0.3, 0.4) is 0 Å². The Morgan fingerprint density at radius 3 is 2.12 bits per heavy atom. The fraction of sp³-hybridized carbons (Fsp3) is 0.394. The number of thiol groups is 1. The van der Waals surface area contributed by atoms with Crippen LogP contribution in [-0.4, -0.2) is 57.7 Å². The molecular formula is C33H36N4O2S. The Bertz CT molecular complexity index is 1350. The standard InChI is InChI=1S/C33H36N4O2S/c38-30-16-15-29(32(39)34-30)37-19-25-17-22(11-14-28(25)33(37)40)18-36-26-12-13-27(36)21-35(20-26)31(23-7-3-1-4-8-23)24-9-5-2-6-10-24/h1-11,14,17,26-27,29,31,33,40H,12-13,15-16,18-21H2,(H,34,38,39). The molecule has 2 amide bonds. The molecule has 40 heavy (non-hydrogen) atoms. The number of carbonyl (C=O) groups excluding carboxylic acids is 2. The molecule has 0 spiro atoms. The van der Waals surface area contributed by atoms with Gasteiger partial charge in [-0.05, 0) is 47.1 Å². The molecule has 4 heterocycles. The number of imide groups is 1. The Hall–Kier alpha value is -2.97. The number of rotatable bonds is 6. The monoisotopic (exact) mass is 552 g/mol. The minimum Gasteiger partial charge on any atom is -0.295 e. The largest absolute Gasteiger partial charge is 0.295 e. The highest BCUT2D eigenvalue weighted by molar-refractivity contribution is 7.80. The van der Waals surface area contributed by atoms with Crippen molar-refractivity contribution in [3.63, 3.8) is 0 Å². The number of hydrogen-bond acceptors (Lipinski definition) is 6. The molecule has 0 radical (unpaired) electrons. The minimum absolute atomic E-state index is 0.124. The van der Waals surface area contributed by atoms with E-state index in [1.54, 1.807) is 0 Å². The summed E-state index contributed by atoms with van der Waals surface area (Å²) in [4.78, 5) is 31.8. The Kier molecular flexibility index (Phi) is 7.00. The van der Waals surface area contributed by atoms with Crippen LogP contribution in [0.4, 0.5) is 0 Å². The lowest BCUT2D eigenvalue weighted by atomic mass is 9.95. The number of nitrogens with zero attached hydrogens (tertiary/aromatic N) is 3. The minimum atomic E-state index is -0.304. The lowest BCUT2D eigenvalue weighted by molar-refractivity contribution is -0.137. The molecule has 6 nitrogen and oxygen atoms in total. The van der Waals surface area contributed by atoms with E-state index in [9.17, 15) is 9.59 Å². The Morgan fingerprint density at radius 2 is 1.50 bits per heavy atom. The Morgan fingerprint density at radius 1 is 0.850 bits per heavy atom. The number of piperazine rings is 1. The van der Waals surface area contributed by atoms with Crippen LogP contribution in [0.25, 0.3) is 0 Å². The van der Waals surface area contributed by atoms with Crippen LogP contribution in [-0.2, 0) is 22.7 Å². The van der Waals surface area contributed by atoms with Crippen LogP contribution in [0.1, 0.15) is 64.9 Å². The first-order valence-electron chi connectivity index (χ1n) is 14.5. The highest BCUT2D eigenvalue weighted by Gasteiger charge is 2.43. The molecule has 3 saturated heterocycles. The molecule has 4 aliphatic rings. The summed E-state index contributed by atoms with van der Waals surface area (Å²) in [7, 11) is 0. The molecule has 206 valence electrons. The summed E-state index contributed by atoms with van der Waals surface area (Å²) in [6.45, 7) is 3.78. The summed E-state index contributed by atoms with van der Waals surface area (Å²) < 4.78 is 0. The average molecular weight is 553 g/mol. The van der Waals surface area contributed by atoms with Gasteiger partial charge in [0.15, 0.2) is 0 Å². The van der Waals surface area contributed by atoms with Crippen molar-refractivity contribution >= 4 is 24.4 Å². The molecule has 3 aromatic rings. The zero-order valence-corrected chi connectivity index (χ0v) is 23.5. The molecule has 4 unspecified atom stereocenters. The van der Waals surface area contributed by atoms with E-state index < -0.39 is 0 Å². The molecule has 3 fully saturated rings. The number of carbonyl (C=O) groups is 2. The molecule has 2 bridgehead atoms. The summed E-state index contributed by atoms with van der Waals surface area (Å²) in [5.74, 6) is -0.369. The number of benzene rings is 3. The third kappa shape index (κ3) is 4.79. The molecule has 7 heteroatoms. The van der Waals surface area contributed by atoms with Crippen LogP contribution in [0, 0.1) is 0 Å². The molecule has 3 aromatic carbocycles. The van der Waals surface area contributed by atoms with E-state index in [1.807, 2.05) is 0 Å². The summed E-state index contributed by atoms with van der Waals surface area (Å²) >= 11 is 4.88. The first-order chi connectivity index (χ1) is 19.5. The van der Waals surface area contributed by atoms with Crippen LogP contribution in [0.2, 0.25) is 0 Å². The van der Waals surface area contributed by atoms with Gasteiger partial charge in [-0.15, -0.1) is 0 Å². The topological polar surface area (TPSA) is 55.9 Å². The number of amides is 2. The van der Waals surface area contributed by atoms with Gasteiger partial charge in [0.25, 0.3) is 0 Å². The first kappa shape index (κ1) is 26.0. The van der Waals surface area contributed by atoms with E-state index in [2.05, 4.69) is 98.9 Å². The van der Waals surface area contributed by atoms with Gasteiger partial charge >= 0.3 is 0 Å². The van der Waals surface area contributed by atoms with Crippen molar-refractivity contribution in [1.82, 2.24) is 20.0 Å². The fourth-order valence-corrected chi connectivity index (χ4v) is 7.97. The van der Waals surface area contributed by atoms with Crippen LogP contribution in [0.5, 0.6) is 0 Å². The number of fused-ring (bicyclic) bond motifs is 3. The van der Waals surface area contributed by atoms with E-state index in [0.717, 1.165) is 19.6 Å². The van der Waals surface area contributed by atoms with Gasteiger partial charge in [-0.1, -0.05) is 78.9 Å². The number of hydrogen-bond donors (Lipinski definition) is 2. The fourth-order valence-electron chi connectivity index (χ4n) is 7.47. The van der Waals surface area contributed by atoms with Crippen molar-refractivity contribution in [2.75, 3.05) is 13.1 Å². The molecule has 4 atom stereocenters. The normalized spacial score (nSPS) is 27.2. The number of piperidine rings is 1. The highest BCUT2D eigenvalue weighted by atomic mass is 32.1. The molecule has 7 rings (SSSR count). The average Bonchev–Trinajstić information content (AvgIpc) is 3.40. The second-order valence-corrected chi connectivity index (χ2v) is 12.3. The van der Waals surface area contributed by atoms with Crippen LogP contribution < -0.4 is 5.32 Å². The van der Waals surface area contributed by atoms with Crippen molar-refractivity contribution in [2.24, 2.45) is 0 Å². The SMILES string of the molecule is O=C1CCC(N2Cc3cc(CN4C5CCC4CN(C(c4ccccc4)c4ccccc4)C5)ccc3C2S)C(=O)N1. The van der Waals surface area contributed by atoms with Crippen molar-refractivity contribution < 1.29 is 9.59 Å². The van der Waals surface area contributed by atoms with Crippen molar-refractivity contribution in [2.45, 2.75) is 68.3 Å². The van der Waals surface area contributed by atoms with Gasteiger partial charge in [0.05, 0.1) is 17.5 Å². The van der Waals surface area contributed by atoms with E-state index in [4.69, 9.17) is 12.6 Å². The summed E-state index contributed by atoms with van der Waals surface area (Å²) in [6, 6.07) is 29.7. The predicted molar refractivity (Wildman–Crippen MR) is 159 cm³/mol.